The summed E-state index contributed by atoms with van der Waals surface area (Å²) < 4.78 is 28.5. The minimum atomic E-state index is -0.954. The smallest absolute Gasteiger partial charge is 0.274 e. The second-order valence-corrected chi connectivity index (χ2v) is 8.02. The molecule has 1 aromatic heterocycles. The summed E-state index contributed by atoms with van der Waals surface area (Å²) in [6, 6.07) is 2.81. The fourth-order valence-electron chi connectivity index (χ4n) is 4.52. The lowest BCUT2D eigenvalue weighted by atomic mass is 9.91. The largest absolute Gasteiger partial charge is 0.503 e. The van der Waals surface area contributed by atoms with Crippen molar-refractivity contribution in [2.75, 3.05) is 13.1 Å². The van der Waals surface area contributed by atoms with E-state index in [2.05, 4.69) is 5.32 Å². The Morgan fingerprint density at radius 2 is 2.06 bits per heavy atom. The van der Waals surface area contributed by atoms with E-state index in [1.165, 1.54) is 12.3 Å². The van der Waals surface area contributed by atoms with Crippen LogP contribution in [0.5, 0.6) is 5.75 Å². The molecule has 2 amide bonds. The van der Waals surface area contributed by atoms with Gasteiger partial charge in [-0.15, -0.1) is 0 Å². The lowest BCUT2D eigenvalue weighted by Crippen LogP contribution is -2.45. The zero-order valence-electron chi connectivity index (χ0n) is 17.0. The average Bonchev–Trinajstić information content (AvgIpc) is 2.93. The molecular formula is C22H23F2N3O4. The number of carbonyl (C=O) groups is 2. The molecule has 0 spiro atoms. The number of aromatic nitrogens is 1. The second kappa shape index (κ2) is 8.13. The van der Waals surface area contributed by atoms with E-state index in [0.29, 0.717) is 19.2 Å². The van der Waals surface area contributed by atoms with Crippen LogP contribution in [0.15, 0.2) is 29.2 Å². The summed E-state index contributed by atoms with van der Waals surface area (Å²) in [5.41, 5.74) is -1.32. The molecule has 0 aliphatic carbocycles. The van der Waals surface area contributed by atoms with E-state index < -0.39 is 34.6 Å². The van der Waals surface area contributed by atoms with Gasteiger partial charge in [0.05, 0.1) is 6.04 Å². The first-order valence-electron chi connectivity index (χ1n) is 10.3. The molecule has 1 aromatic carbocycles. The maximum absolute atomic E-state index is 13.8. The molecule has 2 aromatic rings. The molecule has 2 atom stereocenters. The van der Waals surface area contributed by atoms with Crippen molar-refractivity contribution in [2.45, 2.75) is 38.8 Å². The number of benzene rings is 1. The molecular weight excluding hydrogens is 408 g/mol. The van der Waals surface area contributed by atoms with Crippen LogP contribution in [0.3, 0.4) is 0 Å². The van der Waals surface area contributed by atoms with Crippen LogP contribution in [0.2, 0.25) is 0 Å². The third-order valence-corrected chi connectivity index (χ3v) is 6.24. The predicted molar refractivity (Wildman–Crippen MR) is 108 cm³/mol. The Labute approximate surface area is 177 Å². The van der Waals surface area contributed by atoms with Gasteiger partial charge in [0, 0.05) is 37.5 Å². The number of pyridine rings is 1. The average molecular weight is 431 g/mol. The fourth-order valence-corrected chi connectivity index (χ4v) is 4.52. The number of hydrogen-bond donors (Lipinski definition) is 2. The van der Waals surface area contributed by atoms with E-state index in [9.17, 15) is 28.3 Å². The van der Waals surface area contributed by atoms with E-state index in [4.69, 9.17) is 0 Å². The molecule has 1 unspecified atom stereocenters. The maximum atomic E-state index is 13.8. The topological polar surface area (TPSA) is 91.6 Å². The number of nitrogens with zero attached hydrogens (tertiary/aromatic N) is 2. The minimum Gasteiger partial charge on any atom is -0.503 e. The number of nitrogens with one attached hydrogen (secondary N) is 1. The van der Waals surface area contributed by atoms with E-state index in [-0.39, 0.29) is 35.3 Å². The highest BCUT2D eigenvalue weighted by Crippen LogP contribution is 2.36. The van der Waals surface area contributed by atoms with Crippen molar-refractivity contribution in [3.05, 3.63) is 63.1 Å². The van der Waals surface area contributed by atoms with Crippen LogP contribution in [0.1, 0.15) is 58.6 Å². The molecule has 1 saturated heterocycles. The van der Waals surface area contributed by atoms with Crippen LogP contribution in [0.25, 0.3) is 0 Å². The van der Waals surface area contributed by atoms with E-state index in [0.717, 1.165) is 25.3 Å². The molecule has 2 aliphatic rings. The second-order valence-electron chi connectivity index (χ2n) is 8.02. The Morgan fingerprint density at radius 3 is 2.77 bits per heavy atom. The van der Waals surface area contributed by atoms with Gasteiger partial charge in [0.25, 0.3) is 11.8 Å². The van der Waals surface area contributed by atoms with Gasteiger partial charge in [-0.2, -0.15) is 0 Å². The van der Waals surface area contributed by atoms with E-state index in [1.54, 1.807) is 9.47 Å². The van der Waals surface area contributed by atoms with Crippen molar-refractivity contribution >= 4 is 11.8 Å². The molecule has 3 heterocycles. The zero-order chi connectivity index (χ0) is 22.3. The van der Waals surface area contributed by atoms with Crippen molar-refractivity contribution in [3.63, 3.8) is 0 Å². The number of halogens is 2. The highest BCUT2D eigenvalue weighted by Gasteiger charge is 2.39. The first kappa shape index (κ1) is 21.0. The van der Waals surface area contributed by atoms with Gasteiger partial charge < -0.3 is 19.9 Å². The highest BCUT2D eigenvalue weighted by atomic mass is 19.1. The number of hydrogen-bond acceptors (Lipinski definition) is 4. The van der Waals surface area contributed by atoms with Crippen LogP contribution in [0, 0.1) is 17.6 Å². The minimum absolute atomic E-state index is 0.0534. The summed E-state index contributed by atoms with van der Waals surface area (Å²) in [6.07, 6.45) is 3.89. The summed E-state index contributed by atoms with van der Waals surface area (Å²) in [4.78, 5) is 39.9. The third-order valence-electron chi connectivity index (χ3n) is 6.24. The molecule has 2 bridgehead atoms. The van der Waals surface area contributed by atoms with Crippen LogP contribution < -0.4 is 10.7 Å². The van der Waals surface area contributed by atoms with Gasteiger partial charge in [0.15, 0.2) is 11.4 Å². The van der Waals surface area contributed by atoms with Gasteiger partial charge in [0.2, 0.25) is 5.43 Å². The summed E-state index contributed by atoms with van der Waals surface area (Å²) in [7, 11) is 0. The Balaban J connectivity index is 1.69. The van der Waals surface area contributed by atoms with Crippen molar-refractivity contribution in [2.24, 2.45) is 5.92 Å². The van der Waals surface area contributed by atoms with Gasteiger partial charge in [-0.25, -0.2) is 8.78 Å². The van der Waals surface area contributed by atoms with Crippen molar-refractivity contribution in [1.82, 2.24) is 14.8 Å². The van der Waals surface area contributed by atoms with Gasteiger partial charge >= 0.3 is 0 Å². The summed E-state index contributed by atoms with van der Waals surface area (Å²) in [6.45, 7) is 2.80. The molecule has 31 heavy (non-hydrogen) atoms. The number of fused-ring (bicyclic) bond motifs is 4. The third kappa shape index (κ3) is 3.68. The number of carbonyl (C=O) groups excluding carboxylic acids is 2. The first-order valence-corrected chi connectivity index (χ1v) is 10.3. The van der Waals surface area contributed by atoms with Crippen LogP contribution in [-0.2, 0) is 6.54 Å². The molecule has 0 saturated carbocycles. The Bertz CT molecular complexity index is 1110. The van der Waals surface area contributed by atoms with E-state index in [1.807, 2.05) is 6.92 Å². The fraction of sp³-hybridized carbons (Fsp3) is 0.409. The van der Waals surface area contributed by atoms with Gasteiger partial charge in [-0.05, 0) is 24.8 Å². The molecule has 7 nitrogen and oxygen atoms in total. The lowest BCUT2D eigenvalue weighted by molar-refractivity contribution is 0.0657. The van der Waals surface area contributed by atoms with E-state index >= 15 is 0 Å². The summed E-state index contributed by atoms with van der Waals surface area (Å²) in [5.74, 6) is -3.32. The molecule has 2 N–H and O–H groups in total. The Hall–Kier alpha value is -3.23. The monoisotopic (exact) mass is 431 g/mol. The Morgan fingerprint density at radius 1 is 1.29 bits per heavy atom. The normalized spacial score (nSPS) is 20.2. The Kier molecular flexibility index (Phi) is 5.51. The summed E-state index contributed by atoms with van der Waals surface area (Å²) >= 11 is 0. The molecule has 9 heteroatoms. The van der Waals surface area contributed by atoms with Gasteiger partial charge in [0.1, 0.15) is 17.2 Å². The molecule has 4 rings (SSSR count). The molecule has 0 radical (unpaired) electrons. The standard InChI is InChI=1S/C22H23F2N3O4/c1-2-12-4-3-7-26-11-17(12)27-10-15(19(28)20(29)18(27)22(26)31)21(30)25-9-13-5-6-14(23)8-16(13)24/h5-6,8,10,12,17,29H,2-4,7,9,11H2,1H3,(H,25,30)/t12?,17-/m1/s1. The summed E-state index contributed by atoms with van der Waals surface area (Å²) in [5, 5.41) is 13.0. The van der Waals surface area contributed by atoms with Gasteiger partial charge in [-0.3, -0.25) is 14.4 Å². The number of aromatic hydroxyl groups is 1. The predicted octanol–water partition coefficient (Wildman–Crippen LogP) is 2.58. The maximum Gasteiger partial charge on any atom is 0.274 e. The molecule has 1 fully saturated rings. The van der Waals surface area contributed by atoms with Crippen LogP contribution in [0.4, 0.5) is 8.78 Å². The first-order chi connectivity index (χ1) is 14.8. The number of amides is 2. The van der Waals surface area contributed by atoms with Crippen LogP contribution >= 0.6 is 0 Å². The lowest BCUT2D eigenvalue weighted by Gasteiger charge is -2.37. The molecule has 164 valence electrons. The van der Waals surface area contributed by atoms with Gasteiger partial charge in [-0.1, -0.05) is 19.4 Å². The van der Waals surface area contributed by atoms with Crippen molar-refractivity contribution in [3.8, 4) is 5.75 Å². The van der Waals surface area contributed by atoms with Crippen molar-refractivity contribution in [1.29, 1.82) is 0 Å². The SMILES string of the molecule is CCC1CCCN2C[C@H]1n1cc(C(=O)NCc3ccc(F)cc3F)c(=O)c(O)c1C2=O. The number of rotatable bonds is 4. The highest BCUT2D eigenvalue weighted by molar-refractivity contribution is 5.99. The van der Waals surface area contributed by atoms with Crippen LogP contribution in [-0.4, -0.2) is 39.5 Å². The molecule has 2 aliphatic heterocycles. The zero-order valence-corrected chi connectivity index (χ0v) is 17.0. The quantitative estimate of drug-likeness (QED) is 0.779. The van der Waals surface area contributed by atoms with Crippen molar-refractivity contribution < 1.29 is 23.5 Å².